The Kier molecular flexibility index (Phi) is 11.1. The lowest BCUT2D eigenvalue weighted by atomic mass is 9.65. The number of aromatic nitrogens is 1. The Labute approximate surface area is 521 Å². The van der Waals surface area contributed by atoms with E-state index >= 15 is 8.78 Å². The summed E-state index contributed by atoms with van der Waals surface area (Å²) in [7, 11) is -2.86. The van der Waals surface area contributed by atoms with Crippen molar-refractivity contribution >= 4 is 145 Å². The summed E-state index contributed by atoms with van der Waals surface area (Å²) in [6, 6.07) is 88.6. The molecule has 18 rings (SSSR count). The Balaban J connectivity index is 1.02. The molecule has 0 saturated heterocycles. The molecule has 13 aromatic carbocycles. The van der Waals surface area contributed by atoms with E-state index in [0.29, 0.717) is 11.2 Å². The lowest BCUT2D eigenvalue weighted by molar-refractivity contribution is 0.584. The van der Waals surface area contributed by atoms with Crippen LogP contribution in [0.3, 0.4) is 0 Å². The number of para-hydroxylation sites is 7. The van der Waals surface area contributed by atoms with Gasteiger partial charge in [0.1, 0.15) is 0 Å². The fraction of sp³-hybridized carbons (Fsp3) is 0.0864. The molecule has 1 atom stereocenters. The van der Waals surface area contributed by atoms with E-state index < -0.39 is 35.2 Å². The summed E-state index contributed by atoms with van der Waals surface area (Å²) in [5, 5.41) is 11.1. The summed E-state index contributed by atoms with van der Waals surface area (Å²) in [6.45, 7) is 7.15. The molecule has 0 saturated carbocycles. The number of furan rings is 2. The number of fused-ring (bicyclic) bond motifs is 22. The zero-order chi connectivity index (χ0) is 60.7. The van der Waals surface area contributed by atoms with E-state index in [2.05, 4.69) is 253 Å². The van der Waals surface area contributed by atoms with Gasteiger partial charge in [0, 0.05) is 54.5 Å². The van der Waals surface area contributed by atoms with Gasteiger partial charge in [-0.05, 0) is 153 Å². The standard InChI is InChI=1S/C81H59F2N3O2SSi/c1-89(2,3)50-42-38-48(39-43-50)84(70-36-18-28-60-58-26-16-32-66(82)77(58)87-79(60)70)72-46-64-74(55-23-9-7-20-52(55)72)75-56-24-10-8-21-53(56)73(47-65(75)81(64)62-30-12-14-35-69(62)86-68-34-13-11-22-54(68)57-25-15-31-63(81)76(57)86)85(49-40-44-51(45-41-49)90(4,5)6)71-37-19-29-61-59-27-17-33-67(83)78(59)88-80(61)71/h7-47H,1-6H3. The Morgan fingerprint density at radius 2 is 0.800 bits per heavy atom. The molecule has 5 nitrogen and oxygen atoms in total. The molecule has 1 unspecified atom stereocenters. The molecule has 0 fully saturated rings. The summed E-state index contributed by atoms with van der Waals surface area (Å²) >= 11 is 0. The van der Waals surface area contributed by atoms with Crippen molar-refractivity contribution < 1.29 is 17.6 Å². The van der Waals surface area contributed by atoms with Crippen molar-refractivity contribution in [3.05, 3.63) is 283 Å². The minimum absolute atomic E-state index is 0.231. The Bertz CT molecular complexity index is 5480. The molecule has 0 N–H and O–H groups in total. The van der Waals surface area contributed by atoms with Crippen molar-refractivity contribution in [3.63, 3.8) is 0 Å². The van der Waals surface area contributed by atoms with Crippen LogP contribution in [0.2, 0.25) is 19.6 Å². The highest BCUT2D eigenvalue weighted by atomic mass is 32.3. The van der Waals surface area contributed by atoms with Crippen LogP contribution in [0.25, 0.3) is 104 Å². The van der Waals surface area contributed by atoms with Gasteiger partial charge < -0.3 is 23.2 Å². The van der Waals surface area contributed by atoms with Gasteiger partial charge in [-0.1, -0.05) is 189 Å². The van der Waals surface area contributed by atoms with Gasteiger partial charge in [-0.2, -0.15) is 0 Å². The highest BCUT2D eigenvalue weighted by Gasteiger charge is 2.53. The van der Waals surface area contributed by atoms with E-state index in [1.54, 1.807) is 12.1 Å². The van der Waals surface area contributed by atoms with Gasteiger partial charge in [0.25, 0.3) is 0 Å². The third kappa shape index (κ3) is 7.24. The van der Waals surface area contributed by atoms with Gasteiger partial charge in [0.15, 0.2) is 34.0 Å². The first-order chi connectivity index (χ1) is 43.8. The maximum atomic E-state index is 16.1. The molecule has 90 heavy (non-hydrogen) atoms. The van der Waals surface area contributed by atoms with Crippen molar-refractivity contribution in [1.82, 2.24) is 4.57 Å². The van der Waals surface area contributed by atoms with Crippen LogP contribution in [-0.4, -0.2) is 31.4 Å². The summed E-state index contributed by atoms with van der Waals surface area (Å²) < 4.78 is 48.3. The number of hydrogen-bond acceptors (Lipinski definition) is 4. The summed E-state index contributed by atoms with van der Waals surface area (Å²) in [4.78, 5) is 6.02. The first-order valence-electron chi connectivity index (χ1n) is 30.7. The second-order valence-electron chi connectivity index (χ2n) is 26.1. The molecule has 0 radical (unpaired) electrons. The molecule has 1 spiro atoms. The second-order valence-corrected chi connectivity index (χ2v) is 35.3. The number of hydrogen-bond donors (Lipinski definition) is 0. The smallest absolute Gasteiger partial charge is 0.171 e. The topological polar surface area (TPSA) is 37.7 Å². The number of halogens is 2. The fourth-order valence-corrected chi connectivity index (χ4v) is 17.6. The van der Waals surface area contributed by atoms with Crippen molar-refractivity contribution in [2.75, 3.05) is 28.6 Å². The molecule has 9 heteroatoms. The predicted octanol–water partition coefficient (Wildman–Crippen LogP) is 22.4. The third-order valence-electron chi connectivity index (χ3n) is 19.4. The van der Waals surface area contributed by atoms with E-state index in [1.165, 1.54) is 33.0 Å². The predicted molar refractivity (Wildman–Crippen MR) is 377 cm³/mol. The van der Waals surface area contributed by atoms with Crippen molar-refractivity contribution in [2.45, 2.75) is 30.0 Å². The van der Waals surface area contributed by atoms with Crippen LogP contribution in [0.15, 0.2) is 262 Å². The molecule has 0 amide bonds. The lowest BCUT2D eigenvalue weighted by Crippen LogP contribution is -2.37. The number of anilines is 6. The first-order valence-corrected chi connectivity index (χ1v) is 37.1. The minimum Gasteiger partial charge on any atom is -0.451 e. The number of benzene rings is 13. The SMILES string of the molecule is C[Si](C)(C)c1ccc(N(c2cc3c(c4ccccc24)-c2c(cc(N(c4ccc(S(C)(C)C)cc4)c4cccc5c4oc4c(F)cccc45)c4ccccc24)C32c3ccccc3-n3c4ccccc4c4cccc2c43)c2cccc3c2oc2c(F)cccc23)cc1. The molecule has 0 bridgehead atoms. The van der Waals surface area contributed by atoms with E-state index in [-0.39, 0.29) is 11.2 Å². The fourth-order valence-electron chi connectivity index (χ4n) is 15.5. The van der Waals surface area contributed by atoms with Crippen LogP contribution < -0.4 is 15.0 Å². The minimum atomic E-state index is -1.76. The van der Waals surface area contributed by atoms with Gasteiger partial charge in [-0.25, -0.2) is 18.8 Å². The largest absolute Gasteiger partial charge is 0.451 e. The lowest BCUT2D eigenvalue weighted by Gasteiger charge is -2.40. The molecule has 16 aromatic rings. The maximum absolute atomic E-state index is 16.1. The van der Waals surface area contributed by atoms with Gasteiger partial charge in [0.2, 0.25) is 0 Å². The van der Waals surface area contributed by atoms with E-state index in [9.17, 15) is 0 Å². The number of rotatable bonds is 8. The van der Waals surface area contributed by atoms with Crippen LogP contribution in [0, 0.1) is 11.6 Å². The summed E-state index contributed by atoms with van der Waals surface area (Å²) in [5.74, 6) is -0.803. The van der Waals surface area contributed by atoms with Crippen LogP contribution in [0.1, 0.15) is 22.3 Å². The van der Waals surface area contributed by atoms with Crippen LogP contribution >= 0.6 is 10.0 Å². The molecule has 3 aromatic heterocycles. The van der Waals surface area contributed by atoms with Crippen molar-refractivity contribution in [3.8, 4) is 16.8 Å². The molecular weight excluding hydrogens is 1150 g/mol. The Morgan fingerprint density at radius 1 is 0.378 bits per heavy atom. The normalized spacial score (nSPS) is 14.7. The first kappa shape index (κ1) is 52.9. The summed E-state index contributed by atoms with van der Waals surface area (Å²) in [5.41, 5.74) is 16.4. The highest BCUT2D eigenvalue weighted by molar-refractivity contribution is 8.32. The van der Waals surface area contributed by atoms with Crippen molar-refractivity contribution in [2.24, 2.45) is 0 Å². The zero-order valence-corrected chi connectivity index (χ0v) is 52.3. The molecular formula is C81H59F2N3O2SSi. The van der Waals surface area contributed by atoms with Crippen molar-refractivity contribution in [1.29, 1.82) is 0 Å². The maximum Gasteiger partial charge on any atom is 0.171 e. The molecule has 1 aliphatic heterocycles. The molecule has 434 valence electrons. The van der Waals surface area contributed by atoms with Gasteiger partial charge in [-0.3, -0.25) is 0 Å². The average molecular weight is 1200 g/mol. The number of nitrogens with zero attached hydrogens (tertiary/aromatic N) is 3. The highest BCUT2D eigenvalue weighted by Crippen LogP contribution is 2.66. The molecule has 4 heterocycles. The Hall–Kier alpha value is -10.2. The Morgan fingerprint density at radius 3 is 1.33 bits per heavy atom. The van der Waals surface area contributed by atoms with E-state index in [0.717, 1.165) is 127 Å². The second kappa shape index (κ2) is 18.9. The zero-order valence-electron chi connectivity index (χ0n) is 50.5. The van der Waals surface area contributed by atoms with Crippen LogP contribution in [0.4, 0.5) is 42.9 Å². The summed E-state index contributed by atoms with van der Waals surface area (Å²) in [6.07, 6.45) is 6.99. The van der Waals surface area contributed by atoms with E-state index in [1.807, 2.05) is 24.3 Å². The third-order valence-corrected chi connectivity index (χ3v) is 23.2. The average Bonchev–Trinajstić information content (AvgIpc) is 1.48. The van der Waals surface area contributed by atoms with E-state index in [4.69, 9.17) is 8.83 Å². The van der Waals surface area contributed by atoms with Gasteiger partial charge in [-0.15, -0.1) is 0 Å². The quantitative estimate of drug-likeness (QED) is 0.142. The van der Waals surface area contributed by atoms with Gasteiger partial charge in [0.05, 0.1) is 53.0 Å². The molecule has 2 aliphatic rings. The van der Waals surface area contributed by atoms with Crippen LogP contribution in [-0.2, 0) is 5.41 Å². The molecule has 1 aliphatic carbocycles. The van der Waals surface area contributed by atoms with Crippen LogP contribution in [0.5, 0.6) is 0 Å². The monoisotopic (exact) mass is 1200 g/mol. The van der Waals surface area contributed by atoms with Gasteiger partial charge >= 0.3 is 0 Å².